The first-order chi connectivity index (χ1) is 17.5. The molecule has 3 rings (SSSR count). The highest BCUT2D eigenvalue weighted by molar-refractivity contribution is 7.99. The molecule has 10 heteroatoms. The molecule has 0 fully saturated rings. The van der Waals surface area contributed by atoms with Crippen LogP contribution in [0.2, 0.25) is 0 Å². The normalized spacial score (nSPS) is 11.4. The van der Waals surface area contributed by atoms with Gasteiger partial charge in [0.2, 0.25) is 0 Å². The third kappa shape index (κ3) is 10.0. The van der Waals surface area contributed by atoms with Crippen molar-refractivity contribution in [1.29, 1.82) is 0 Å². The van der Waals surface area contributed by atoms with E-state index in [9.17, 15) is 40.3 Å². The summed E-state index contributed by atoms with van der Waals surface area (Å²) in [5.41, 5.74) is -1.66. The highest BCUT2D eigenvalue weighted by Crippen LogP contribution is 2.34. The molecule has 3 aromatic rings. The van der Waals surface area contributed by atoms with Gasteiger partial charge in [-0.15, -0.1) is 11.8 Å². The molecule has 0 aromatic heterocycles. The molecule has 37 heavy (non-hydrogen) atoms. The van der Waals surface area contributed by atoms with Crippen LogP contribution in [0.15, 0.2) is 71.6 Å². The van der Waals surface area contributed by atoms with Crippen molar-refractivity contribution in [3.8, 4) is 0 Å². The Morgan fingerprint density at radius 1 is 0.676 bits per heavy atom. The van der Waals surface area contributed by atoms with Crippen molar-refractivity contribution >= 4 is 24.3 Å². The average Bonchev–Trinajstić information content (AvgIpc) is 2.86. The molecule has 0 unspecified atom stereocenters. The highest BCUT2D eigenvalue weighted by Gasteiger charge is 2.34. The number of thioether (sulfide) groups is 1. The van der Waals surface area contributed by atoms with Gasteiger partial charge in [0.15, 0.2) is 12.6 Å². The Morgan fingerprint density at radius 2 is 1.24 bits per heavy atom. The summed E-state index contributed by atoms with van der Waals surface area (Å²) < 4.78 is 87.4. The molecule has 0 saturated heterocycles. The van der Waals surface area contributed by atoms with Crippen LogP contribution in [0.3, 0.4) is 0 Å². The molecule has 0 heterocycles. The topological polar surface area (TPSA) is 34.1 Å². The summed E-state index contributed by atoms with van der Waals surface area (Å²) in [6.07, 6.45) is -4.81. The molecule has 0 aliphatic carbocycles. The molecule has 2 nitrogen and oxygen atoms in total. The van der Waals surface area contributed by atoms with Crippen LogP contribution in [0.25, 0.3) is 0 Å². The number of aldehydes is 2. The second-order valence-electron chi connectivity index (χ2n) is 7.86. The molecule has 0 saturated carbocycles. The second kappa shape index (κ2) is 14.0. The zero-order chi connectivity index (χ0) is 27.5. The summed E-state index contributed by atoms with van der Waals surface area (Å²) in [5, 5.41) is 0. The minimum absolute atomic E-state index is 0.0439. The van der Waals surface area contributed by atoms with Gasteiger partial charge in [-0.05, 0) is 67.0 Å². The lowest BCUT2D eigenvalue weighted by Gasteiger charge is -2.11. The minimum atomic E-state index is -4.70. The number of hydrogen-bond donors (Lipinski definition) is 0. The van der Waals surface area contributed by atoms with E-state index < -0.39 is 34.9 Å². The van der Waals surface area contributed by atoms with Gasteiger partial charge in [-0.3, -0.25) is 9.59 Å². The minimum Gasteiger partial charge on any atom is -0.298 e. The fraction of sp³-hybridized carbons (Fsp3) is 0.259. The van der Waals surface area contributed by atoms with E-state index in [1.807, 2.05) is 18.2 Å². The Labute approximate surface area is 213 Å². The first kappa shape index (κ1) is 30.1. The molecule has 0 spiro atoms. The third-order valence-corrected chi connectivity index (χ3v) is 6.21. The zero-order valence-corrected chi connectivity index (χ0v) is 20.2. The summed E-state index contributed by atoms with van der Waals surface area (Å²) in [4.78, 5) is 21.4. The van der Waals surface area contributed by atoms with Crippen LogP contribution >= 0.6 is 11.8 Å². The van der Waals surface area contributed by atoms with E-state index in [1.165, 1.54) is 23.4 Å². The Kier molecular flexibility index (Phi) is 11.4. The quantitative estimate of drug-likeness (QED) is 0.117. The summed E-state index contributed by atoms with van der Waals surface area (Å²) in [6, 6.07) is 16.0. The van der Waals surface area contributed by atoms with E-state index in [2.05, 4.69) is 12.1 Å². The van der Waals surface area contributed by atoms with E-state index in [-0.39, 0.29) is 18.1 Å². The first-order valence-electron chi connectivity index (χ1n) is 11.1. The van der Waals surface area contributed by atoms with Crippen molar-refractivity contribution in [2.75, 3.05) is 5.75 Å². The zero-order valence-electron chi connectivity index (χ0n) is 19.4. The van der Waals surface area contributed by atoms with Gasteiger partial charge in [0, 0.05) is 16.0 Å². The van der Waals surface area contributed by atoms with Gasteiger partial charge in [0.1, 0.15) is 5.82 Å². The lowest BCUT2D eigenvalue weighted by molar-refractivity contribution is -0.138. The molecule has 0 aliphatic rings. The molecule has 198 valence electrons. The molecular weight excluding hydrogens is 521 g/mol. The first-order valence-corrected chi connectivity index (χ1v) is 12.1. The lowest BCUT2D eigenvalue weighted by Crippen LogP contribution is -2.09. The number of carbonyl (C=O) groups is 2. The SMILES string of the molecule is O=Cc1ccc(F)cc1C(F)(F)F.O=Cc1ccc(SCCCCCc2ccccc2)cc1C(F)(F)F. The van der Waals surface area contributed by atoms with Gasteiger partial charge in [-0.2, -0.15) is 26.3 Å². The average molecular weight is 545 g/mol. The van der Waals surface area contributed by atoms with Gasteiger partial charge in [0.25, 0.3) is 0 Å². The summed E-state index contributed by atoms with van der Waals surface area (Å²) in [6.45, 7) is 0. The number of hydrogen-bond acceptors (Lipinski definition) is 3. The molecule has 0 N–H and O–H groups in total. The van der Waals surface area contributed by atoms with Gasteiger partial charge < -0.3 is 0 Å². The lowest BCUT2D eigenvalue weighted by atomic mass is 10.1. The molecular formula is C27H23F7O2S. The van der Waals surface area contributed by atoms with E-state index in [0.717, 1.165) is 49.6 Å². The van der Waals surface area contributed by atoms with Crippen molar-refractivity contribution in [2.24, 2.45) is 0 Å². The largest absolute Gasteiger partial charge is 0.417 e. The molecule has 0 atom stereocenters. The van der Waals surface area contributed by atoms with E-state index in [1.54, 1.807) is 6.07 Å². The Balaban J connectivity index is 0.000000312. The monoisotopic (exact) mass is 544 g/mol. The predicted molar refractivity (Wildman–Crippen MR) is 128 cm³/mol. The van der Waals surface area contributed by atoms with Gasteiger partial charge in [-0.25, -0.2) is 4.39 Å². The Hall–Kier alpha value is -3.14. The van der Waals surface area contributed by atoms with Gasteiger partial charge in [-0.1, -0.05) is 36.8 Å². The van der Waals surface area contributed by atoms with Crippen molar-refractivity contribution in [1.82, 2.24) is 0 Å². The van der Waals surface area contributed by atoms with E-state index >= 15 is 0 Å². The standard InChI is InChI=1S/C19H19F3OS.C8H4F4O/c20-19(21,22)18-13-17(11-10-16(18)14-23)24-12-6-2-5-9-15-7-3-1-4-8-15;9-6-2-1-5(4-13)7(3-6)8(10,11)12/h1,3-4,7-8,10-11,13-14H,2,5-6,9,12H2;1-4H. The number of halogens is 7. The van der Waals surface area contributed by atoms with Crippen molar-refractivity contribution in [2.45, 2.75) is 42.9 Å². The number of aryl methyl sites for hydroxylation is 1. The third-order valence-electron chi connectivity index (χ3n) is 5.13. The van der Waals surface area contributed by atoms with Crippen molar-refractivity contribution < 1.29 is 40.3 Å². The maximum atomic E-state index is 12.9. The molecule has 0 radical (unpaired) electrons. The highest BCUT2D eigenvalue weighted by atomic mass is 32.2. The molecule has 0 amide bonds. The van der Waals surface area contributed by atoms with Gasteiger partial charge in [0.05, 0.1) is 11.1 Å². The van der Waals surface area contributed by atoms with Crippen LogP contribution < -0.4 is 0 Å². The van der Waals surface area contributed by atoms with Gasteiger partial charge >= 0.3 is 12.4 Å². The molecule has 3 aromatic carbocycles. The molecule has 0 bridgehead atoms. The van der Waals surface area contributed by atoms with Crippen LogP contribution in [-0.4, -0.2) is 18.3 Å². The predicted octanol–water partition coefficient (Wildman–Crippen LogP) is 8.68. The van der Waals surface area contributed by atoms with Crippen LogP contribution in [0, 0.1) is 5.82 Å². The number of benzene rings is 3. The Morgan fingerprint density at radius 3 is 1.81 bits per heavy atom. The number of carbonyl (C=O) groups excluding carboxylic acids is 2. The van der Waals surface area contributed by atoms with Crippen LogP contribution in [0.5, 0.6) is 0 Å². The Bertz CT molecular complexity index is 1160. The maximum Gasteiger partial charge on any atom is 0.417 e. The smallest absolute Gasteiger partial charge is 0.298 e. The number of unbranched alkanes of at least 4 members (excludes halogenated alkanes) is 2. The molecule has 0 aliphatic heterocycles. The van der Waals surface area contributed by atoms with Crippen LogP contribution in [0.4, 0.5) is 30.7 Å². The van der Waals surface area contributed by atoms with Crippen LogP contribution in [0.1, 0.15) is 56.7 Å². The maximum absolute atomic E-state index is 12.9. The fourth-order valence-corrected chi connectivity index (χ4v) is 4.24. The summed E-state index contributed by atoms with van der Waals surface area (Å²) >= 11 is 1.40. The van der Waals surface area contributed by atoms with E-state index in [0.29, 0.717) is 11.0 Å². The van der Waals surface area contributed by atoms with Crippen molar-refractivity contribution in [3.05, 3.63) is 100 Å². The number of alkyl halides is 6. The van der Waals surface area contributed by atoms with Crippen LogP contribution in [-0.2, 0) is 18.8 Å². The summed E-state index contributed by atoms with van der Waals surface area (Å²) in [7, 11) is 0. The summed E-state index contributed by atoms with van der Waals surface area (Å²) in [5.74, 6) is -0.245. The second-order valence-corrected chi connectivity index (χ2v) is 9.02. The van der Waals surface area contributed by atoms with Crippen molar-refractivity contribution in [3.63, 3.8) is 0 Å². The van der Waals surface area contributed by atoms with E-state index in [4.69, 9.17) is 0 Å². The fourth-order valence-electron chi connectivity index (χ4n) is 3.29. The number of rotatable bonds is 9.